The minimum absolute atomic E-state index is 0.0672. The van der Waals surface area contributed by atoms with Gasteiger partial charge in [-0.15, -0.1) is 0 Å². The molecule has 1 aromatic rings. The van der Waals surface area contributed by atoms with Gasteiger partial charge in [0.2, 0.25) is 0 Å². The number of aliphatic hydroxyl groups is 1. The lowest BCUT2D eigenvalue weighted by atomic mass is 10.0. The third kappa shape index (κ3) is 3.49. The highest BCUT2D eigenvalue weighted by atomic mass is 35.5. The average Bonchev–Trinajstić information content (AvgIpc) is 2.26. The van der Waals surface area contributed by atoms with Gasteiger partial charge in [-0.3, -0.25) is 0 Å². The van der Waals surface area contributed by atoms with E-state index in [9.17, 15) is 0 Å². The van der Waals surface area contributed by atoms with E-state index in [1.165, 1.54) is 0 Å². The minimum Gasteiger partial charge on any atom is -0.396 e. The second-order valence-corrected chi connectivity index (χ2v) is 3.89. The summed E-state index contributed by atoms with van der Waals surface area (Å²) in [4.78, 5) is 0. The van der Waals surface area contributed by atoms with Crippen molar-refractivity contribution in [2.45, 2.75) is 19.4 Å². The van der Waals surface area contributed by atoms with E-state index in [-0.39, 0.29) is 6.61 Å². The smallest absolute Gasteiger partial charge is 0.169 e. The number of aliphatic hydroxyl groups excluding tert-OH is 1. The van der Waals surface area contributed by atoms with Gasteiger partial charge >= 0.3 is 0 Å². The van der Waals surface area contributed by atoms with Crippen LogP contribution in [-0.2, 0) is 4.74 Å². The highest BCUT2D eigenvalue weighted by Crippen LogP contribution is 2.23. The maximum absolute atomic E-state index is 9.00. The molecular weight excluding hydrogens is 226 g/mol. The first-order valence-electron chi connectivity index (χ1n) is 5.07. The van der Waals surface area contributed by atoms with Crippen LogP contribution in [0.1, 0.15) is 23.7 Å². The lowest BCUT2D eigenvalue weighted by molar-refractivity contribution is 0.0770. The monoisotopic (exact) mass is 239 g/mol. The Morgan fingerprint density at radius 2 is 2.31 bits per heavy atom. The summed E-state index contributed by atoms with van der Waals surface area (Å²) in [7, 11) is 0. The second-order valence-electron chi connectivity index (χ2n) is 3.46. The molecule has 0 heterocycles. The molecular formula is C12H14ClNO2. The summed E-state index contributed by atoms with van der Waals surface area (Å²) in [6.45, 7) is 2.33. The van der Waals surface area contributed by atoms with Crippen molar-refractivity contribution in [3.8, 4) is 6.07 Å². The van der Waals surface area contributed by atoms with Crippen molar-refractivity contribution in [3.63, 3.8) is 0 Å². The average molecular weight is 240 g/mol. The summed E-state index contributed by atoms with van der Waals surface area (Å²) in [6.07, 6.45) is -0.0611. The van der Waals surface area contributed by atoms with Gasteiger partial charge in [-0.1, -0.05) is 17.7 Å². The molecule has 0 aliphatic carbocycles. The standard InChI is InChI=1S/C12H14ClNO2/c1-9-7-10(13)3-4-11(9)12(8-14)16-6-2-5-15/h3-4,7,12,15H,2,5-6H2,1H3. The van der Waals surface area contributed by atoms with Gasteiger partial charge in [-0.2, -0.15) is 5.26 Å². The maximum atomic E-state index is 9.00. The summed E-state index contributed by atoms with van der Waals surface area (Å²) in [5.41, 5.74) is 1.76. The first-order valence-corrected chi connectivity index (χ1v) is 5.45. The fraction of sp³-hybridized carbons (Fsp3) is 0.417. The molecule has 0 amide bonds. The van der Waals surface area contributed by atoms with Gasteiger partial charge < -0.3 is 9.84 Å². The molecule has 0 saturated carbocycles. The number of halogens is 1. The van der Waals surface area contributed by atoms with E-state index in [0.29, 0.717) is 18.1 Å². The fourth-order valence-corrected chi connectivity index (χ4v) is 1.62. The molecule has 0 fully saturated rings. The molecule has 86 valence electrons. The molecule has 1 unspecified atom stereocenters. The summed E-state index contributed by atoms with van der Waals surface area (Å²) >= 11 is 5.83. The van der Waals surface area contributed by atoms with Crippen molar-refractivity contribution in [1.82, 2.24) is 0 Å². The Kier molecular flexibility index (Phi) is 5.27. The van der Waals surface area contributed by atoms with Crippen LogP contribution in [0.3, 0.4) is 0 Å². The zero-order chi connectivity index (χ0) is 12.0. The Morgan fingerprint density at radius 1 is 1.56 bits per heavy atom. The maximum Gasteiger partial charge on any atom is 0.169 e. The lowest BCUT2D eigenvalue weighted by Crippen LogP contribution is -2.06. The number of rotatable bonds is 5. The highest BCUT2D eigenvalue weighted by molar-refractivity contribution is 6.30. The third-order valence-electron chi connectivity index (χ3n) is 2.22. The Hall–Kier alpha value is -1.08. The Labute approximate surface area is 100 Å². The van der Waals surface area contributed by atoms with Crippen molar-refractivity contribution in [3.05, 3.63) is 34.3 Å². The molecule has 0 radical (unpaired) electrons. The molecule has 0 spiro atoms. The van der Waals surface area contributed by atoms with E-state index in [1.807, 2.05) is 6.92 Å². The molecule has 0 aliphatic rings. The van der Waals surface area contributed by atoms with Crippen molar-refractivity contribution in [2.24, 2.45) is 0 Å². The highest BCUT2D eigenvalue weighted by Gasteiger charge is 2.13. The number of nitriles is 1. The van der Waals surface area contributed by atoms with E-state index in [1.54, 1.807) is 18.2 Å². The molecule has 1 aromatic carbocycles. The van der Waals surface area contributed by atoms with E-state index in [4.69, 9.17) is 26.7 Å². The van der Waals surface area contributed by atoms with E-state index in [0.717, 1.165) is 11.1 Å². The molecule has 1 atom stereocenters. The van der Waals surface area contributed by atoms with Crippen LogP contribution in [0, 0.1) is 18.3 Å². The summed E-state index contributed by atoms with van der Waals surface area (Å²) in [5, 5.41) is 18.3. The molecule has 1 rings (SSSR count). The van der Waals surface area contributed by atoms with Crippen molar-refractivity contribution in [2.75, 3.05) is 13.2 Å². The van der Waals surface area contributed by atoms with Crippen molar-refractivity contribution >= 4 is 11.6 Å². The number of ether oxygens (including phenoxy) is 1. The zero-order valence-electron chi connectivity index (χ0n) is 9.11. The van der Waals surface area contributed by atoms with Crippen molar-refractivity contribution < 1.29 is 9.84 Å². The molecule has 4 heteroatoms. The van der Waals surface area contributed by atoms with Gasteiger partial charge in [0.05, 0.1) is 12.7 Å². The quantitative estimate of drug-likeness (QED) is 0.804. The first-order chi connectivity index (χ1) is 7.69. The normalized spacial score (nSPS) is 12.1. The number of hydrogen-bond acceptors (Lipinski definition) is 3. The van der Waals surface area contributed by atoms with Crippen LogP contribution in [0.15, 0.2) is 18.2 Å². The molecule has 0 bridgehead atoms. The van der Waals surface area contributed by atoms with Gasteiger partial charge in [-0.25, -0.2) is 0 Å². The van der Waals surface area contributed by atoms with E-state index in [2.05, 4.69) is 6.07 Å². The molecule has 0 aliphatic heterocycles. The molecule has 16 heavy (non-hydrogen) atoms. The summed E-state index contributed by atoms with van der Waals surface area (Å²) in [6, 6.07) is 7.43. The van der Waals surface area contributed by atoms with Crippen LogP contribution < -0.4 is 0 Å². The van der Waals surface area contributed by atoms with E-state index >= 15 is 0 Å². The minimum atomic E-state index is -0.594. The number of nitrogens with zero attached hydrogens (tertiary/aromatic N) is 1. The van der Waals surface area contributed by atoms with Crippen LogP contribution >= 0.6 is 11.6 Å². The van der Waals surface area contributed by atoms with Gasteiger partial charge in [0.15, 0.2) is 6.10 Å². The van der Waals surface area contributed by atoms with Gasteiger partial charge in [0.1, 0.15) is 0 Å². The summed E-state index contributed by atoms with van der Waals surface area (Å²) in [5.74, 6) is 0. The van der Waals surface area contributed by atoms with Gasteiger partial charge in [-0.05, 0) is 36.6 Å². The van der Waals surface area contributed by atoms with Gasteiger partial charge in [0.25, 0.3) is 0 Å². The Bertz CT molecular complexity index is 387. The van der Waals surface area contributed by atoms with E-state index < -0.39 is 6.10 Å². The SMILES string of the molecule is Cc1cc(Cl)ccc1C(C#N)OCCCO. The third-order valence-corrected chi connectivity index (χ3v) is 2.45. The predicted molar refractivity (Wildman–Crippen MR) is 62.2 cm³/mol. The largest absolute Gasteiger partial charge is 0.396 e. The molecule has 0 saturated heterocycles. The van der Waals surface area contributed by atoms with Crippen LogP contribution in [-0.4, -0.2) is 18.3 Å². The number of aryl methyl sites for hydroxylation is 1. The van der Waals surface area contributed by atoms with Crippen LogP contribution in [0.25, 0.3) is 0 Å². The zero-order valence-corrected chi connectivity index (χ0v) is 9.87. The topological polar surface area (TPSA) is 53.2 Å². The molecule has 0 aromatic heterocycles. The van der Waals surface area contributed by atoms with Crippen LogP contribution in [0.2, 0.25) is 5.02 Å². The van der Waals surface area contributed by atoms with Crippen LogP contribution in [0.5, 0.6) is 0 Å². The first kappa shape index (κ1) is 13.0. The molecule has 3 nitrogen and oxygen atoms in total. The lowest BCUT2D eigenvalue weighted by Gasteiger charge is -2.13. The van der Waals surface area contributed by atoms with Gasteiger partial charge in [0, 0.05) is 11.6 Å². The second kappa shape index (κ2) is 6.49. The summed E-state index contributed by atoms with van der Waals surface area (Å²) < 4.78 is 5.37. The van der Waals surface area contributed by atoms with Crippen molar-refractivity contribution in [1.29, 1.82) is 5.26 Å². The number of hydrogen-bond donors (Lipinski definition) is 1. The fourth-order valence-electron chi connectivity index (χ4n) is 1.40. The Balaban J connectivity index is 2.76. The Morgan fingerprint density at radius 3 is 2.88 bits per heavy atom. The number of benzene rings is 1. The molecule has 1 N–H and O–H groups in total. The predicted octanol–water partition coefficient (Wildman–Crippen LogP) is 2.61. The van der Waals surface area contributed by atoms with Crippen LogP contribution in [0.4, 0.5) is 0 Å².